The number of hydrogen-bond acceptors (Lipinski definition) is 0. The van der Waals surface area contributed by atoms with Gasteiger partial charge in [0.2, 0.25) is 0 Å². The van der Waals surface area contributed by atoms with Crippen molar-refractivity contribution < 1.29 is 26.3 Å². The molecule has 0 atom stereocenters. The Hall–Kier alpha value is -3.20. The van der Waals surface area contributed by atoms with Crippen LogP contribution in [0.3, 0.4) is 0 Å². The number of rotatable bonds is 2. The topological polar surface area (TPSA) is 0 Å². The molecule has 4 rings (SSSR count). The molecule has 0 saturated heterocycles. The average Bonchev–Trinajstić information content (AvgIpc) is 2.81. The van der Waals surface area contributed by atoms with Gasteiger partial charge in [-0.1, -0.05) is 36.1 Å². The van der Waals surface area contributed by atoms with Crippen molar-refractivity contribution in [2.45, 2.75) is 38.5 Å². The molecule has 0 aromatic heterocycles. The molecule has 3 aromatic carbocycles. The number of benzene rings is 3. The summed E-state index contributed by atoms with van der Waals surface area (Å²) in [6.45, 7) is 1.89. The number of fused-ring (bicyclic) bond motifs is 1. The first-order valence-electron chi connectivity index (χ1n) is 10.7. The van der Waals surface area contributed by atoms with Crippen LogP contribution in [0.5, 0.6) is 0 Å². The van der Waals surface area contributed by atoms with Crippen LogP contribution < -0.4 is 0 Å². The lowest BCUT2D eigenvalue weighted by Crippen LogP contribution is -2.17. The van der Waals surface area contributed by atoms with E-state index in [-0.39, 0.29) is 10.9 Å². The van der Waals surface area contributed by atoms with Gasteiger partial charge in [-0.05, 0) is 68.0 Å². The fraction of sp³-hybridized carbons (Fsp3) is 0.259. The van der Waals surface area contributed by atoms with Gasteiger partial charge in [-0.2, -0.15) is 0 Å². The predicted octanol–water partition coefficient (Wildman–Crippen LogP) is 7.92. The van der Waals surface area contributed by atoms with Crippen molar-refractivity contribution in [3.8, 4) is 11.8 Å². The van der Waals surface area contributed by atoms with Crippen LogP contribution in [-0.2, 0) is 0 Å². The van der Waals surface area contributed by atoms with Crippen LogP contribution in [0.25, 0.3) is 10.8 Å². The summed E-state index contributed by atoms with van der Waals surface area (Å²) in [7, 11) is 0. The number of allylic oxidation sites excluding steroid dienone is 2. The minimum atomic E-state index is -1.53. The lowest BCUT2D eigenvalue weighted by atomic mass is 9.78. The normalized spacial score (nSPS) is 18.5. The first-order chi connectivity index (χ1) is 15.8. The van der Waals surface area contributed by atoms with E-state index in [1.165, 1.54) is 24.3 Å². The van der Waals surface area contributed by atoms with Crippen molar-refractivity contribution in [1.82, 2.24) is 0 Å². The zero-order valence-corrected chi connectivity index (χ0v) is 17.8. The highest BCUT2D eigenvalue weighted by Gasteiger charge is 2.31. The summed E-state index contributed by atoms with van der Waals surface area (Å²) in [6.07, 6.45) is 6.18. The van der Waals surface area contributed by atoms with E-state index < -0.39 is 51.9 Å². The van der Waals surface area contributed by atoms with Crippen LogP contribution in [0.4, 0.5) is 26.3 Å². The minimum absolute atomic E-state index is 0.0171. The van der Waals surface area contributed by atoms with Crippen LogP contribution in [-0.4, -0.2) is 0 Å². The van der Waals surface area contributed by atoms with E-state index in [1.807, 2.05) is 19.1 Å². The molecule has 1 saturated carbocycles. The molecule has 0 nitrogen and oxygen atoms in total. The Morgan fingerprint density at radius 3 is 2.06 bits per heavy atom. The van der Waals surface area contributed by atoms with Crippen molar-refractivity contribution >= 4 is 10.8 Å². The second-order valence-corrected chi connectivity index (χ2v) is 8.23. The Balaban J connectivity index is 1.68. The Morgan fingerprint density at radius 1 is 0.758 bits per heavy atom. The Labute approximate surface area is 187 Å². The van der Waals surface area contributed by atoms with Crippen molar-refractivity contribution in [3.63, 3.8) is 0 Å². The molecule has 0 N–H and O–H groups in total. The van der Waals surface area contributed by atoms with E-state index in [1.54, 1.807) is 0 Å². The summed E-state index contributed by atoms with van der Waals surface area (Å²) in [4.78, 5) is 0. The van der Waals surface area contributed by atoms with Crippen LogP contribution in [0.2, 0.25) is 0 Å². The van der Waals surface area contributed by atoms with Crippen LogP contribution >= 0.6 is 0 Å². The number of halogens is 6. The molecule has 0 bridgehead atoms. The van der Waals surface area contributed by atoms with Gasteiger partial charge < -0.3 is 0 Å². The Bertz CT molecular complexity index is 1270. The van der Waals surface area contributed by atoms with Crippen LogP contribution in [0.1, 0.15) is 55.2 Å². The molecule has 3 aromatic rings. The van der Waals surface area contributed by atoms with Gasteiger partial charge in [0.1, 0.15) is 5.56 Å². The smallest absolute Gasteiger partial charge is 0.177 e. The van der Waals surface area contributed by atoms with E-state index in [2.05, 4.69) is 11.8 Å². The molecule has 0 heterocycles. The van der Waals surface area contributed by atoms with Gasteiger partial charge in [0.15, 0.2) is 34.9 Å². The molecule has 1 aliphatic rings. The van der Waals surface area contributed by atoms with Crippen molar-refractivity contribution in [2.24, 2.45) is 5.92 Å². The quantitative estimate of drug-likeness (QED) is 0.158. The summed E-state index contributed by atoms with van der Waals surface area (Å²) in [5.74, 6) is -3.60. The second kappa shape index (κ2) is 9.35. The molecular weight excluding hydrogens is 438 g/mol. The highest BCUT2D eigenvalue weighted by Crippen LogP contribution is 2.40. The summed E-state index contributed by atoms with van der Waals surface area (Å²) < 4.78 is 86.2. The standard InChI is InChI=1S/C27H20F6/c1-2-3-15-4-8-17(9-5-15)22-26(32)24(30)20(25(31)27(22)33)12-7-16-6-11-19-18(14-16)10-13-21(28)23(19)29/h2-3,6,10-11,13-15,17H,4-5,8-9H2,1H3/b3-2+. The van der Waals surface area contributed by atoms with Gasteiger partial charge in [0, 0.05) is 16.5 Å². The molecule has 0 spiro atoms. The zero-order valence-electron chi connectivity index (χ0n) is 17.8. The monoisotopic (exact) mass is 458 g/mol. The van der Waals surface area contributed by atoms with Crippen LogP contribution in [0, 0.1) is 52.7 Å². The largest absolute Gasteiger partial charge is 0.204 e. The van der Waals surface area contributed by atoms with Gasteiger partial charge in [-0.3, -0.25) is 0 Å². The van der Waals surface area contributed by atoms with E-state index >= 15 is 0 Å². The van der Waals surface area contributed by atoms with Gasteiger partial charge >= 0.3 is 0 Å². The minimum Gasteiger partial charge on any atom is -0.204 e. The van der Waals surface area contributed by atoms with Crippen molar-refractivity contribution in [1.29, 1.82) is 0 Å². The predicted molar refractivity (Wildman–Crippen MR) is 116 cm³/mol. The molecule has 0 amide bonds. The van der Waals surface area contributed by atoms with Crippen molar-refractivity contribution in [2.75, 3.05) is 0 Å². The third kappa shape index (κ3) is 4.37. The van der Waals surface area contributed by atoms with Gasteiger partial charge in [-0.25, -0.2) is 26.3 Å². The Morgan fingerprint density at radius 2 is 1.42 bits per heavy atom. The summed E-state index contributed by atoms with van der Waals surface area (Å²) in [5, 5.41) is 0.339. The van der Waals surface area contributed by atoms with Crippen LogP contribution in [0.15, 0.2) is 42.5 Å². The lowest BCUT2D eigenvalue weighted by molar-refractivity contribution is 0.345. The fourth-order valence-corrected chi connectivity index (χ4v) is 4.47. The van der Waals surface area contributed by atoms with Gasteiger partial charge in [0.25, 0.3) is 0 Å². The van der Waals surface area contributed by atoms with Gasteiger partial charge in [-0.15, -0.1) is 0 Å². The molecule has 0 aliphatic heterocycles. The Kier molecular flexibility index (Phi) is 6.51. The lowest BCUT2D eigenvalue weighted by Gasteiger charge is -2.28. The molecule has 6 heteroatoms. The molecule has 0 unspecified atom stereocenters. The molecule has 170 valence electrons. The zero-order chi connectivity index (χ0) is 23.7. The maximum atomic E-state index is 14.8. The summed E-state index contributed by atoms with van der Waals surface area (Å²) in [5.41, 5.74) is -1.33. The van der Waals surface area contributed by atoms with E-state index in [9.17, 15) is 26.3 Å². The first-order valence-corrected chi connectivity index (χ1v) is 10.7. The fourth-order valence-electron chi connectivity index (χ4n) is 4.47. The van der Waals surface area contributed by atoms with E-state index in [4.69, 9.17) is 0 Å². The van der Waals surface area contributed by atoms with Crippen molar-refractivity contribution in [3.05, 3.63) is 94.1 Å². The molecule has 1 fully saturated rings. The maximum absolute atomic E-state index is 14.8. The van der Waals surface area contributed by atoms with Gasteiger partial charge in [0.05, 0.1) is 0 Å². The summed E-state index contributed by atoms with van der Waals surface area (Å²) in [6, 6.07) is 6.28. The number of hydrogen-bond donors (Lipinski definition) is 0. The summed E-state index contributed by atoms with van der Waals surface area (Å²) >= 11 is 0. The second-order valence-electron chi connectivity index (χ2n) is 8.23. The molecule has 33 heavy (non-hydrogen) atoms. The SMILES string of the molecule is C/C=C/C1CCC(c2c(F)c(F)c(C#Cc3ccc4c(F)c(F)ccc4c3)c(F)c2F)CC1. The first kappa shape index (κ1) is 23.0. The molecular formula is C27H20F6. The third-order valence-electron chi connectivity index (χ3n) is 6.18. The molecule has 1 aliphatic carbocycles. The maximum Gasteiger partial charge on any atom is 0.177 e. The third-order valence-corrected chi connectivity index (χ3v) is 6.18. The van der Waals surface area contributed by atoms with E-state index in [0.29, 0.717) is 37.0 Å². The molecule has 0 radical (unpaired) electrons. The van der Waals surface area contributed by atoms with E-state index in [0.717, 1.165) is 6.07 Å². The average molecular weight is 458 g/mol. The highest BCUT2D eigenvalue weighted by atomic mass is 19.2. The highest BCUT2D eigenvalue weighted by molar-refractivity contribution is 5.84.